The van der Waals surface area contributed by atoms with Crippen LogP contribution < -0.4 is 5.32 Å². The van der Waals surface area contributed by atoms with E-state index in [0.29, 0.717) is 11.7 Å². The van der Waals surface area contributed by atoms with Gasteiger partial charge in [-0.05, 0) is 37.7 Å². The summed E-state index contributed by atoms with van der Waals surface area (Å²) in [6.45, 7) is 2.09. The summed E-state index contributed by atoms with van der Waals surface area (Å²) in [5.41, 5.74) is 2.85. The second-order valence-electron chi connectivity index (χ2n) is 6.53. The molecule has 4 rings (SSSR count). The monoisotopic (exact) mass is 339 g/mol. The normalized spacial score (nSPS) is 22.4. The fourth-order valence-corrected chi connectivity index (χ4v) is 3.31. The van der Waals surface area contributed by atoms with Gasteiger partial charge < -0.3 is 9.84 Å². The Hall–Kier alpha value is -2.70. The zero-order valence-electron chi connectivity index (χ0n) is 14.2. The number of hydrogen-bond donors (Lipinski definition) is 1. The number of carbonyl (C=O) groups excluding carboxylic acids is 1. The third-order valence-corrected chi connectivity index (χ3v) is 4.83. The molecule has 7 heteroatoms. The molecule has 2 aromatic rings. The Labute approximate surface area is 145 Å². The first kappa shape index (κ1) is 15.8. The molecule has 7 nitrogen and oxygen atoms in total. The van der Waals surface area contributed by atoms with Gasteiger partial charge in [-0.15, -0.1) is 5.10 Å². The van der Waals surface area contributed by atoms with Gasteiger partial charge in [-0.2, -0.15) is 0 Å². The average molecular weight is 339 g/mol. The maximum atomic E-state index is 12.3. The van der Waals surface area contributed by atoms with Crippen LogP contribution in [-0.2, 0) is 6.42 Å². The SMILES string of the molecule is CCc1cnnn1C1CC(NC(=O)c2cc(C3=CCCC=C3)no2)C1. The lowest BCUT2D eigenvalue weighted by atomic mass is 9.86. The van der Waals surface area contributed by atoms with Crippen LogP contribution in [0.4, 0.5) is 0 Å². The van der Waals surface area contributed by atoms with Gasteiger partial charge in [0.1, 0.15) is 5.69 Å². The molecule has 2 heterocycles. The molecule has 0 atom stereocenters. The van der Waals surface area contributed by atoms with E-state index in [2.05, 4.69) is 39.9 Å². The quantitative estimate of drug-likeness (QED) is 0.905. The summed E-state index contributed by atoms with van der Waals surface area (Å²) in [5, 5.41) is 15.1. The van der Waals surface area contributed by atoms with Crippen molar-refractivity contribution in [1.29, 1.82) is 0 Å². The van der Waals surface area contributed by atoms with E-state index in [1.54, 1.807) is 12.3 Å². The second-order valence-corrected chi connectivity index (χ2v) is 6.53. The van der Waals surface area contributed by atoms with Crippen molar-refractivity contribution < 1.29 is 9.32 Å². The minimum Gasteiger partial charge on any atom is -0.350 e. The summed E-state index contributed by atoms with van der Waals surface area (Å²) in [6, 6.07) is 2.15. The predicted octanol–water partition coefficient (Wildman–Crippen LogP) is 2.70. The third kappa shape index (κ3) is 3.14. The van der Waals surface area contributed by atoms with Crippen molar-refractivity contribution in [2.75, 3.05) is 0 Å². The van der Waals surface area contributed by atoms with Gasteiger partial charge in [0.05, 0.1) is 17.9 Å². The summed E-state index contributed by atoms with van der Waals surface area (Å²) in [7, 11) is 0. The number of aromatic nitrogens is 4. The summed E-state index contributed by atoms with van der Waals surface area (Å²) in [4.78, 5) is 12.3. The van der Waals surface area contributed by atoms with E-state index in [-0.39, 0.29) is 17.7 Å². The van der Waals surface area contributed by atoms with Crippen molar-refractivity contribution >= 4 is 11.5 Å². The highest BCUT2D eigenvalue weighted by Crippen LogP contribution is 2.32. The lowest BCUT2D eigenvalue weighted by Gasteiger charge is -2.36. The molecular weight excluding hydrogens is 318 g/mol. The van der Waals surface area contributed by atoms with Crippen LogP contribution in [-0.4, -0.2) is 32.1 Å². The topological polar surface area (TPSA) is 85.8 Å². The Morgan fingerprint density at radius 1 is 1.40 bits per heavy atom. The van der Waals surface area contributed by atoms with Crippen LogP contribution >= 0.6 is 0 Å². The highest BCUT2D eigenvalue weighted by molar-refractivity contribution is 5.92. The molecule has 0 unspecified atom stereocenters. The summed E-state index contributed by atoms with van der Waals surface area (Å²) < 4.78 is 7.19. The number of nitrogens with one attached hydrogen (secondary N) is 1. The zero-order chi connectivity index (χ0) is 17.2. The number of rotatable bonds is 5. The van der Waals surface area contributed by atoms with Crippen LogP contribution in [0.1, 0.15) is 60.6 Å². The molecule has 0 spiro atoms. The summed E-state index contributed by atoms with van der Waals surface area (Å²) >= 11 is 0. The van der Waals surface area contributed by atoms with E-state index in [1.807, 2.05) is 10.8 Å². The maximum absolute atomic E-state index is 12.3. The number of nitrogens with zero attached hydrogens (tertiary/aromatic N) is 4. The molecule has 1 saturated carbocycles. The first-order chi connectivity index (χ1) is 12.2. The third-order valence-electron chi connectivity index (χ3n) is 4.83. The molecular formula is C18H21N5O2. The van der Waals surface area contributed by atoms with Gasteiger partial charge in [0, 0.05) is 12.1 Å². The predicted molar refractivity (Wildman–Crippen MR) is 91.8 cm³/mol. The largest absolute Gasteiger partial charge is 0.350 e. The number of amides is 1. The maximum Gasteiger partial charge on any atom is 0.290 e. The van der Waals surface area contributed by atoms with Crippen molar-refractivity contribution in [3.8, 4) is 0 Å². The molecule has 0 aliphatic heterocycles. The van der Waals surface area contributed by atoms with Gasteiger partial charge >= 0.3 is 0 Å². The van der Waals surface area contributed by atoms with Gasteiger partial charge in [0.15, 0.2) is 0 Å². The van der Waals surface area contributed by atoms with Crippen molar-refractivity contribution in [3.63, 3.8) is 0 Å². The van der Waals surface area contributed by atoms with Crippen LogP contribution in [0.5, 0.6) is 0 Å². The van der Waals surface area contributed by atoms with Gasteiger partial charge in [0.2, 0.25) is 5.76 Å². The Balaban J connectivity index is 1.34. The highest BCUT2D eigenvalue weighted by atomic mass is 16.5. The number of aryl methyl sites for hydroxylation is 1. The molecule has 2 aromatic heterocycles. The Morgan fingerprint density at radius 3 is 3.04 bits per heavy atom. The van der Waals surface area contributed by atoms with E-state index < -0.39 is 0 Å². The van der Waals surface area contributed by atoms with Crippen molar-refractivity contribution in [1.82, 2.24) is 25.5 Å². The molecule has 0 radical (unpaired) electrons. The summed E-state index contributed by atoms with van der Waals surface area (Å²) in [5.74, 6) is 0.0465. The fraction of sp³-hybridized carbons (Fsp3) is 0.444. The van der Waals surface area contributed by atoms with Gasteiger partial charge in [-0.3, -0.25) is 4.79 Å². The van der Waals surface area contributed by atoms with E-state index in [1.165, 1.54) is 0 Å². The van der Waals surface area contributed by atoms with Gasteiger partial charge in [-0.25, -0.2) is 4.68 Å². The molecule has 25 heavy (non-hydrogen) atoms. The number of allylic oxidation sites excluding steroid dienone is 4. The van der Waals surface area contributed by atoms with Crippen molar-refractivity contribution in [3.05, 3.63) is 47.6 Å². The minimum atomic E-state index is -0.211. The Morgan fingerprint density at radius 2 is 2.28 bits per heavy atom. The van der Waals surface area contributed by atoms with E-state index in [0.717, 1.165) is 43.4 Å². The van der Waals surface area contributed by atoms with E-state index in [9.17, 15) is 4.79 Å². The number of hydrogen-bond acceptors (Lipinski definition) is 5. The molecule has 1 N–H and O–H groups in total. The van der Waals surface area contributed by atoms with Crippen LogP contribution in [0.25, 0.3) is 5.57 Å². The lowest BCUT2D eigenvalue weighted by Crippen LogP contribution is -2.45. The van der Waals surface area contributed by atoms with Gasteiger partial charge in [-0.1, -0.05) is 35.5 Å². The van der Waals surface area contributed by atoms with Crippen LogP contribution in [0.3, 0.4) is 0 Å². The lowest BCUT2D eigenvalue weighted by molar-refractivity contribution is 0.0849. The fourth-order valence-electron chi connectivity index (χ4n) is 3.31. The first-order valence-corrected chi connectivity index (χ1v) is 8.78. The second kappa shape index (κ2) is 6.66. The Kier molecular flexibility index (Phi) is 4.21. The first-order valence-electron chi connectivity index (χ1n) is 8.78. The standard InChI is InChI=1S/C18H21N5O2/c1-2-14-11-19-22-23(14)15-8-13(9-15)20-18(24)17-10-16(21-25-17)12-6-4-3-5-7-12/h4,6-7,10-11,13,15H,2-3,5,8-9H2,1H3,(H,20,24). The van der Waals surface area contributed by atoms with E-state index >= 15 is 0 Å². The average Bonchev–Trinajstić information content (AvgIpc) is 3.27. The molecule has 1 fully saturated rings. The molecule has 0 aromatic carbocycles. The highest BCUT2D eigenvalue weighted by Gasteiger charge is 2.34. The zero-order valence-corrected chi connectivity index (χ0v) is 14.2. The number of carbonyl (C=O) groups is 1. The molecule has 0 saturated heterocycles. The minimum absolute atomic E-state index is 0.133. The molecule has 1 amide bonds. The smallest absolute Gasteiger partial charge is 0.290 e. The van der Waals surface area contributed by atoms with Crippen LogP contribution in [0, 0.1) is 0 Å². The molecule has 2 aliphatic rings. The molecule has 0 bridgehead atoms. The van der Waals surface area contributed by atoms with E-state index in [4.69, 9.17) is 4.52 Å². The summed E-state index contributed by atoms with van der Waals surface area (Å²) in [6.07, 6.45) is 12.7. The Bertz CT molecular complexity index is 826. The van der Waals surface area contributed by atoms with Crippen molar-refractivity contribution in [2.45, 2.75) is 51.1 Å². The molecule has 130 valence electrons. The van der Waals surface area contributed by atoms with Gasteiger partial charge in [0.25, 0.3) is 5.91 Å². The molecule has 2 aliphatic carbocycles. The van der Waals surface area contributed by atoms with Crippen LogP contribution in [0.2, 0.25) is 0 Å². The van der Waals surface area contributed by atoms with Crippen molar-refractivity contribution in [2.24, 2.45) is 0 Å². The van der Waals surface area contributed by atoms with Crippen LogP contribution in [0.15, 0.2) is 35.0 Å².